The number of aromatic nitrogens is 2. The number of fused-ring (bicyclic) bond motifs is 1. The third kappa shape index (κ3) is 3.66. The lowest BCUT2D eigenvalue weighted by atomic mass is 10.0. The van der Waals surface area contributed by atoms with Crippen molar-refractivity contribution >= 4 is 11.7 Å². The summed E-state index contributed by atoms with van der Waals surface area (Å²) in [4.78, 5) is 27.1. The molecule has 2 aliphatic heterocycles. The first-order valence-corrected chi connectivity index (χ1v) is 10.4. The first kappa shape index (κ1) is 18.8. The van der Waals surface area contributed by atoms with Crippen LogP contribution in [-0.2, 0) is 17.7 Å². The Kier molecular flexibility index (Phi) is 5.15. The molecule has 3 aromatic rings. The highest BCUT2D eigenvalue weighted by Gasteiger charge is 2.29. The summed E-state index contributed by atoms with van der Waals surface area (Å²) in [6.45, 7) is 4.16. The molecule has 0 bridgehead atoms. The first-order chi connectivity index (χ1) is 14.8. The van der Waals surface area contributed by atoms with Gasteiger partial charge in [-0.15, -0.1) is 0 Å². The Bertz CT molecular complexity index is 1030. The number of benzene rings is 2. The van der Waals surface area contributed by atoms with Crippen LogP contribution in [0.2, 0.25) is 0 Å². The van der Waals surface area contributed by atoms with Crippen LogP contribution in [0.25, 0.3) is 11.4 Å². The molecule has 152 valence electrons. The lowest BCUT2D eigenvalue weighted by molar-refractivity contribution is 0.0733. The third-order valence-corrected chi connectivity index (χ3v) is 5.69. The molecule has 30 heavy (non-hydrogen) atoms. The van der Waals surface area contributed by atoms with Gasteiger partial charge in [0.1, 0.15) is 5.82 Å². The number of rotatable bonds is 3. The van der Waals surface area contributed by atoms with E-state index in [0.717, 1.165) is 53.5 Å². The topological polar surface area (TPSA) is 58.6 Å². The maximum absolute atomic E-state index is 13.0. The van der Waals surface area contributed by atoms with Crippen molar-refractivity contribution in [2.75, 3.05) is 37.7 Å². The van der Waals surface area contributed by atoms with E-state index >= 15 is 0 Å². The van der Waals surface area contributed by atoms with Gasteiger partial charge in [-0.1, -0.05) is 48.5 Å². The van der Waals surface area contributed by atoms with Crippen LogP contribution in [0.5, 0.6) is 0 Å². The number of anilines is 1. The minimum Gasteiger partial charge on any atom is -0.378 e. The van der Waals surface area contributed by atoms with E-state index < -0.39 is 0 Å². The second-order valence-corrected chi connectivity index (χ2v) is 7.60. The molecular formula is C24H24N4O2. The van der Waals surface area contributed by atoms with E-state index in [0.29, 0.717) is 26.3 Å². The minimum absolute atomic E-state index is 0.0568. The SMILES string of the molecule is O=C(c1ccccc1)N1CCc2nc(-c3ccccc3)nc(N3CCOCC3)c2C1. The average Bonchev–Trinajstić information content (AvgIpc) is 2.84. The summed E-state index contributed by atoms with van der Waals surface area (Å²) in [5.74, 6) is 1.74. The molecule has 1 fully saturated rings. The smallest absolute Gasteiger partial charge is 0.254 e. The van der Waals surface area contributed by atoms with Crippen LogP contribution in [0.4, 0.5) is 5.82 Å². The maximum Gasteiger partial charge on any atom is 0.254 e. The van der Waals surface area contributed by atoms with E-state index in [-0.39, 0.29) is 5.91 Å². The highest BCUT2D eigenvalue weighted by atomic mass is 16.5. The fourth-order valence-corrected chi connectivity index (χ4v) is 4.09. The number of hydrogen-bond acceptors (Lipinski definition) is 5. The second-order valence-electron chi connectivity index (χ2n) is 7.60. The van der Waals surface area contributed by atoms with Crippen molar-refractivity contribution in [2.24, 2.45) is 0 Å². The molecule has 1 aromatic heterocycles. The van der Waals surface area contributed by atoms with Crippen LogP contribution in [0.1, 0.15) is 21.6 Å². The maximum atomic E-state index is 13.0. The molecule has 5 rings (SSSR count). The van der Waals surface area contributed by atoms with Crippen LogP contribution in [0.15, 0.2) is 60.7 Å². The van der Waals surface area contributed by atoms with Crippen LogP contribution < -0.4 is 4.90 Å². The number of hydrogen-bond donors (Lipinski definition) is 0. The summed E-state index contributed by atoms with van der Waals surface area (Å²) >= 11 is 0. The van der Waals surface area contributed by atoms with Crippen LogP contribution >= 0.6 is 0 Å². The van der Waals surface area contributed by atoms with Gasteiger partial charge in [-0.25, -0.2) is 9.97 Å². The van der Waals surface area contributed by atoms with Crippen molar-refractivity contribution in [3.05, 3.63) is 77.5 Å². The molecule has 6 heteroatoms. The van der Waals surface area contributed by atoms with Crippen molar-refractivity contribution < 1.29 is 9.53 Å². The monoisotopic (exact) mass is 400 g/mol. The zero-order valence-electron chi connectivity index (χ0n) is 16.8. The Hall–Kier alpha value is -3.25. The van der Waals surface area contributed by atoms with Crippen LogP contribution in [-0.4, -0.2) is 53.6 Å². The molecule has 3 heterocycles. The highest BCUT2D eigenvalue weighted by molar-refractivity contribution is 5.94. The number of amides is 1. The lowest BCUT2D eigenvalue weighted by Crippen LogP contribution is -2.41. The van der Waals surface area contributed by atoms with Gasteiger partial charge in [0.15, 0.2) is 5.82 Å². The molecule has 1 saturated heterocycles. The van der Waals surface area contributed by atoms with Gasteiger partial charge in [-0.3, -0.25) is 4.79 Å². The predicted molar refractivity (Wildman–Crippen MR) is 115 cm³/mol. The lowest BCUT2D eigenvalue weighted by Gasteiger charge is -2.34. The molecule has 0 saturated carbocycles. The summed E-state index contributed by atoms with van der Waals surface area (Å²) in [5, 5.41) is 0. The number of nitrogens with zero attached hydrogens (tertiary/aromatic N) is 4. The average molecular weight is 400 g/mol. The fourth-order valence-electron chi connectivity index (χ4n) is 4.09. The fraction of sp³-hybridized carbons (Fsp3) is 0.292. The Morgan fingerprint density at radius 2 is 1.57 bits per heavy atom. The van der Waals surface area contributed by atoms with Crippen molar-refractivity contribution in [3.63, 3.8) is 0 Å². The molecule has 0 aliphatic carbocycles. The van der Waals surface area contributed by atoms with Gasteiger partial charge < -0.3 is 14.5 Å². The largest absolute Gasteiger partial charge is 0.378 e. The molecule has 0 spiro atoms. The van der Waals surface area contributed by atoms with Gasteiger partial charge in [-0.2, -0.15) is 0 Å². The van der Waals surface area contributed by atoms with Gasteiger partial charge in [0.2, 0.25) is 0 Å². The summed E-state index contributed by atoms with van der Waals surface area (Å²) in [6, 6.07) is 19.6. The Balaban J connectivity index is 1.53. The second kappa shape index (κ2) is 8.24. The normalized spacial score (nSPS) is 16.3. The van der Waals surface area contributed by atoms with E-state index in [4.69, 9.17) is 14.7 Å². The summed E-state index contributed by atoms with van der Waals surface area (Å²) in [6.07, 6.45) is 0.730. The molecular weight excluding hydrogens is 376 g/mol. The highest BCUT2D eigenvalue weighted by Crippen LogP contribution is 2.30. The van der Waals surface area contributed by atoms with Crippen LogP contribution in [0.3, 0.4) is 0 Å². The van der Waals surface area contributed by atoms with E-state index in [9.17, 15) is 4.79 Å². The number of morpholine rings is 1. The van der Waals surface area contributed by atoms with Gasteiger partial charge in [0, 0.05) is 42.7 Å². The Morgan fingerprint density at radius 1 is 0.867 bits per heavy atom. The zero-order valence-corrected chi connectivity index (χ0v) is 16.8. The third-order valence-electron chi connectivity index (χ3n) is 5.69. The number of carbonyl (C=O) groups excluding carboxylic acids is 1. The molecule has 2 aliphatic rings. The molecule has 0 radical (unpaired) electrons. The van der Waals surface area contributed by atoms with Gasteiger partial charge in [0.25, 0.3) is 5.91 Å². The molecule has 0 N–H and O–H groups in total. The van der Waals surface area contributed by atoms with E-state index in [2.05, 4.69) is 4.90 Å². The number of carbonyl (C=O) groups is 1. The minimum atomic E-state index is 0.0568. The number of ether oxygens (including phenoxy) is 1. The van der Waals surface area contributed by atoms with Crippen molar-refractivity contribution in [1.29, 1.82) is 0 Å². The van der Waals surface area contributed by atoms with Crippen molar-refractivity contribution in [1.82, 2.24) is 14.9 Å². The zero-order chi connectivity index (χ0) is 20.3. The van der Waals surface area contributed by atoms with E-state index in [1.165, 1.54) is 0 Å². The summed E-state index contributed by atoms with van der Waals surface area (Å²) < 4.78 is 5.55. The van der Waals surface area contributed by atoms with Gasteiger partial charge in [-0.05, 0) is 12.1 Å². The summed E-state index contributed by atoms with van der Waals surface area (Å²) in [5.41, 5.74) is 3.84. The summed E-state index contributed by atoms with van der Waals surface area (Å²) in [7, 11) is 0. The Labute approximate surface area is 176 Å². The predicted octanol–water partition coefficient (Wildman–Crippen LogP) is 3.18. The van der Waals surface area contributed by atoms with Crippen LogP contribution in [0, 0.1) is 0 Å². The molecule has 0 atom stereocenters. The molecule has 0 unspecified atom stereocenters. The Morgan fingerprint density at radius 3 is 2.30 bits per heavy atom. The van der Waals surface area contributed by atoms with Gasteiger partial charge in [0.05, 0.1) is 25.5 Å². The van der Waals surface area contributed by atoms with Crippen molar-refractivity contribution in [3.8, 4) is 11.4 Å². The van der Waals surface area contributed by atoms with Gasteiger partial charge >= 0.3 is 0 Å². The van der Waals surface area contributed by atoms with Crippen molar-refractivity contribution in [2.45, 2.75) is 13.0 Å². The first-order valence-electron chi connectivity index (χ1n) is 10.4. The standard InChI is InChI=1S/C24H24N4O2/c29-24(19-9-5-2-6-10-19)28-12-11-21-20(17-28)23(27-13-15-30-16-14-27)26-22(25-21)18-7-3-1-4-8-18/h1-10H,11-17H2. The van der Waals surface area contributed by atoms with E-state index in [1.54, 1.807) is 0 Å². The van der Waals surface area contributed by atoms with E-state index in [1.807, 2.05) is 65.6 Å². The quantitative estimate of drug-likeness (QED) is 0.676. The molecule has 2 aromatic carbocycles. The molecule has 1 amide bonds. The molecule has 6 nitrogen and oxygen atoms in total.